The quantitative estimate of drug-likeness (QED) is 0.186. The fraction of sp³-hybridized carbons (Fsp3) is 0.333. The fourth-order valence-electron chi connectivity index (χ4n) is 5.54. The van der Waals surface area contributed by atoms with Crippen LogP contribution in [-0.4, -0.2) is 49.2 Å². The zero-order valence-electron chi connectivity index (χ0n) is 24.5. The normalized spacial score (nSPS) is 14.5. The summed E-state index contributed by atoms with van der Waals surface area (Å²) in [4.78, 5) is 19.4. The van der Waals surface area contributed by atoms with Gasteiger partial charge in [-0.3, -0.25) is 9.78 Å². The summed E-state index contributed by atoms with van der Waals surface area (Å²) in [5, 5.41) is 0.943. The van der Waals surface area contributed by atoms with Crippen LogP contribution in [0.25, 0.3) is 10.9 Å². The number of fused-ring (bicyclic) bond motifs is 1. The second-order valence-electron chi connectivity index (χ2n) is 10.7. The Hall–Kier alpha value is -4.32. The highest BCUT2D eigenvalue weighted by Crippen LogP contribution is 2.41. The van der Waals surface area contributed by atoms with Crippen LogP contribution in [0.5, 0.6) is 11.5 Å². The first-order valence-corrected chi connectivity index (χ1v) is 14.1. The number of nitrogens with zero attached hydrogens (tertiary/aromatic N) is 2. The summed E-state index contributed by atoms with van der Waals surface area (Å²) in [5.74, 6) is -0.370. The van der Waals surface area contributed by atoms with Crippen molar-refractivity contribution >= 4 is 16.8 Å². The van der Waals surface area contributed by atoms with Crippen LogP contribution < -0.4 is 9.47 Å². The Morgan fingerprint density at radius 2 is 1.62 bits per heavy atom. The van der Waals surface area contributed by atoms with Gasteiger partial charge in [-0.15, -0.1) is 0 Å². The molecule has 1 fully saturated rings. The summed E-state index contributed by atoms with van der Waals surface area (Å²) >= 11 is 0. The molecule has 2 heterocycles. The van der Waals surface area contributed by atoms with Gasteiger partial charge in [-0.1, -0.05) is 24.3 Å². The lowest BCUT2D eigenvalue weighted by atomic mass is 9.90. The van der Waals surface area contributed by atoms with Crippen molar-refractivity contribution in [2.75, 3.05) is 27.3 Å². The molecule has 1 saturated heterocycles. The van der Waals surface area contributed by atoms with E-state index in [1.165, 1.54) is 37.3 Å². The number of carbonyl (C=O) groups excluding carboxylic acids is 1. The van der Waals surface area contributed by atoms with Gasteiger partial charge in [-0.2, -0.15) is 26.3 Å². The summed E-state index contributed by atoms with van der Waals surface area (Å²) in [6.07, 6.45) is -8.61. The predicted octanol–water partition coefficient (Wildman–Crippen LogP) is 7.70. The molecule has 0 unspecified atom stereocenters. The molecule has 5 rings (SSSR count). The summed E-state index contributed by atoms with van der Waals surface area (Å²) in [6, 6.07) is 14.4. The maximum Gasteiger partial charge on any atom is 0.416 e. The minimum absolute atomic E-state index is 0.0605. The van der Waals surface area contributed by atoms with E-state index in [-0.39, 0.29) is 43.2 Å². The van der Waals surface area contributed by atoms with Crippen molar-refractivity contribution in [3.8, 4) is 11.5 Å². The number of pyridine rings is 1. The van der Waals surface area contributed by atoms with Crippen molar-refractivity contribution in [1.29, 1.82) is 0 Å². The van der Waals surface area contributed by atoms with E-state index in [2.05, 4.69) is 4.98 Å². The zero-order chi connectivity index (χ0) is 32.4. The van der Waals surface area contributed by atoms with Crippen LogP contribution in [0.1, 0.15) is 51.0 Å². The molecule has 1 aromatic heterocycles. The smallest absolute Gasteiger partial charge is 0.416 e. The Morgan fingerprint density at radius 3 is 2.29 bits per heavy atom. The molecule has 0 atom stereocenters. The van der Waals surface area contributed by atoms with Gasteiger partial charge in [0.1, 0.15) is 11.5 Å². The first-order valence-electron chi connectivity index (χ1n) is 14.1. The maximum absolute atomic E-state index is 14.3. The number of methoxy groups -OCH3 is 2. The molecule has 1 aliphatic heterocycles. The highest BCUT2D eigenvalue weighted by Gasteiger charge is 2.41. The molecule has 238 valence electrons. The Morgan fingerprint density at radius 1 is 0.889 bits per heavy atom. The van der Waals surface area contributed by atoms with Crippen LogP contribution in [0.3, 0.4) is 0 Å². The summed E-state index contributed by atoms with van der Waals surface area (Å²) in [6.45, 7) is 0.491. The molecule has 4 aromatic rings. The lowest BCUT2D eigenvalue weighted by molar-refractivity contribution is -0.143. The van der Waals surface area contributed by atoms with Crippen LogP contribution in [0.4, 0.5) is 26.3 Å². The van der Waals surface area contributed by atoms with E-state index in [1.54, 1.807) is 6.20 Å². The summed E-state index contributed by atoms with van der Waals surface area (Å²) < 4.78 is 101. The van der Waals surface area contributed by atoms with Crippen LogP contribution in [-0.2, 0) is 30.1 Å². The number of likely N-dealkylation sites (tertiary alicyclic amines) is 1. The molecule has 0 N–H and O–H groups in total. The highest BCUT2D eigenvalue weighted by molar-refractivity contribution is 5.96. The molecule has 0 saturated carbocycles. The van der Waals surface area contributed by atoms with E-state index < -0.39 is 46.9 Å². The number of hydrogen-bond acceptors (Lipinski definition) is 5. The molecule has 3 aromatic carbocycles. The van der Waals surface area contributed by atoms with Crippen molar-refractivity contribution < 1.29 is 45.3 Å². The van der Waals surface area contributed by atoms with Gasteiger partial charge in [0.15, 0.2) is 0 Å². The number of carbonyl (C=O) groups is 1. The predicted molar refractivity (Wildman–Crippen MR) is 154 cm³/mol. The van der Waals surface area contributed by atoms with Crippen LogP contribution in [0.2, 0.25) is 0 Å². The Bertz CT molecular complexity index is 1680. The van der Waals surface area contributed by atoms with Gasteiger partial charge < -0.3 is 19.1 Å². The van der Waals surface area contributed by atoms with Crippen molar-refractivity contribution in [3.05, 3.63) is 100 Å². The minimum atomic E-state index is -5.16. The number of ether oxygens (including phenoxy) is 3. The maximum atomic E-state index is 14.3. The van der Waals surface area contributed by atoms with E-state index in [1.807, 2.05) is 30.3 Å². The highest BCUT2D eigenvalue weighted by atomic mass is 19.4. The van der Waals surface area contributed by atoms with Crippen molar-refractivity contribution in [3.63, 3.8) is 0 Å². The number of hydrogen-bond donors (Lipinski definition) is 0. The van der Waals surface area contributed by atoms with E-state index >= 15 is 0 Å². The molecule has 1 aliphatic rings. The SMILES string of the molecule is COc1ccc(Cc2c(C(=O)N3CCC(OCc4ccnc5ccccc45)CC3)cc(C(F)(F)F)cc2C(F)(F)F)c(OC)c1. The lowest BCUT2D eigenvalue weighted by Gasteiger charge is -2.33. The third kappa shape index (κ3) is 7.16. The number of amides is 1. The number of rotatable bonds is 8. The van der Waals surface area contributed by atoms with E-state index in [0.29, 0.717) is 24.7 Å². The van der Waals surface area contributed by atoms with Crippen molar-refractivity contribution in [2.24, 2.45) is 0 Å². The average Bonchev–Trinajstić information content (AvgIpc) is 3.02. The molecule has 0 aliphatic carbocycles. The summed E-state index contributed by atoms with van der Waals surface area (Å²) in [5.41, 5.74) is -2.30. The van der Waals surface area contributed by atoms with Gasteiger partial charge in [-0.05, 0) is 59.9 Å². The van der Waals surface area contributed by atoms with Crippen molar-refractivity contribution in [2.45, 2.75) is 44.3 Å². The first-order chi connectivity index (χ1) is 21.4. The van der Waals surface area contributed by atoms with Gasteiger partial charge in [-0.25, -0.2) is 0 Å². The molecule has 6 nitrogen and oxygen atoms in total. The van der Waals surface area contributed by atoms with E-state index in [9.17, 15) is 31.1 Å². The van der Waals surface area contributed by atoms with Crippen LogP contribution in [0.15, 0.2) is 66.9 Å². The molecule has 0 radical (unpaired) electrons. The number of para-hydroxylation sites is 1. The van der Waals surface area contributed by atoms with Crippen molar-refractivity contribution in [1.82, 2.24) is 9.88 Å². The number of piperidine rings is 1. The van der Waals surface area contributed by atoms with Gasteiger partial charge >= 0.3 is 12.4 Å². The fourth-order valence-corrected chi connectivity index (χ4v) is 5.54. The molecule has 0 spiro atoms. The van der Waals surface area contributed by atoms with E-state index in [4.69, 9.17) is 14.2 Å². The Balaban J connectivity index is 1.41. The Labute approximate surface area is 255 Å². The number of halogens is 6. The Kier molecular flexibility index (Phi) is 9.24. The van der Waals surface area contributed by atoms with Gasteiger partial charge in [0.25, 0.3) is 5.91 Å². The number of benzene rings is 3. The molecular formula is C33H30F6N2O4. The van der Waals surface area contributed by atoms with Crippen LogP contribution >= 0.6 is 0 Å². The number of aromatic nitrogens is 1. The standard InChI is InChI=1S/C33H30F6N2O4/c1-43-24-8-7-20(30(18-24)44-2)15-26-27(16-22(32(34,35)36)17-28(26)33(37,38)39)31(42)41-13-10-23(11-14-41)45-19-21-9-12-40-29-6-4-3-5-25(21)29/h3-9,12,16-18,23H,10-11,13-15,19H2,1-2H3. The van der Waals surface area contributed by atoms with E-state index in [0.717, 1.165) is 16.5 Å². The third-order valence-corrected chi connectivity index (χ3v) is 7.92. The monoisotopic (exact) mass is 632 g/mol. The first kappa shape index (κ1) is 32.1. The average molecular weight is 633 g/mol. The zero-order valence-corrected chi connectivity index (χ0v) is 24.5. The molecular weight excluding hydrogens is 602 g/mol. The molecule has 1 amide bonds. The molecule has 12 heteroatoms. The molecule has 0 bridgehead atoms. The lowest BCUT2D eigenvalue weighted by Crippen LogP contribution is -2.41. The number of alkyl halides is 6. The largest absolute Gasteiger partial charge is 0.497 e. The topological polar surface area (TPSA) is 60.9 Å². The van der Waals surface area contributed by atoms with Gasteiger partial charge in [0.2, 0.25) is 0 Å². The summed E-state index contributed by atoms with van der Waals surface area (Å²) in [7, 11) is 2.71. The minimum Gasteiger partial charge on any atom is -0.497 e. The van der Waals surface area contributed by atoms with Gasteiger partial charge in [0.05, 0.1) is 43.6 Å². The van der Waals surface area contributed by atoms with Crippen LogP contribution in [0, 0.1) is 0 Å². The third-order valence-electron chi connectivity index (χ3n) is 7.92. The second kappa shape index (κ2) is 13.0. The van der Waals surface area contributed by atoms with Gasteiger partial charge in [0, 0.05) is 42.7 Å². The molecule has 45 heavy (non-hydrogen) atoms. The second-order valence-corrected chi connectivity index (χ2v) is 10.7.